The zero-order valence-electron chi connectivity index (χ0n) is 11.2. The number of nitrogens with one attached hydrogen (secondary N) is 1. The average molecular weight is 250 g/mol. The van der Waals surface area contributed by atoms with Crippen molar-refractivity contribution in [2.24, 2.45) is 0 Å². The molecule has 0 radical (unpaired) electrons. The minimum atomic E-state index is 0.0605. The maximum absolute atomic E-state index is 11.7. The summed E-state index contributed by atoms with van der Waals surface area (Å²) in [5, 5.41) is 3.21. The van der Waals surface area contributed by atoms with Crippen LogP contribution >= 0.6 is 0 Å². The number of para-hydroxylation sites is 1. The fourth-order valence-corrected chi connectivity index (χ4v) is 1.67. The van der Waals surface area contributed by atoms with Crippen LogP contribution < -0.4 is 10.1 Å². The van der Waals surface area contributed by atoms with Crippen molar-refractivity contribution in [3.8, 4) is 5.75 Å². The summed E-state index contributed by atoms with van der Waals surface area (Å²) >= 11 is 0. The number of nitrogens with zero attached hydrogens (tertiary/aromatic N) is 1. The summed E-state index contributed by atoms with van der Waals surface area (Å²) in [7, 11) is 0. The second-order valence-electron chi connectivity index (χ2n) is 3.73. The third-order valence-corrected chi connectivity index (χ3v) is 2.58. The molecule has 2 rings (SSSR count). The molecule has 1 heterocycles. The third-order valence-electron chi connectivity index (χ3n) is 2.58. The summed E-state index contributed by atoms with van der Waals surface area (Å²) in [5.74, 6) is 0.802. The van der Waals surface area contributed by atoms with E-state index in [1.54, 1.807) is 0 Å². The molecule has 1 aromatic rings. The highest BCUT2D eigenvalue weighted by Gasteiger charge is 2.16. The van der Waals surface area contributed by atoms with Crippen molar-refractivity contribution >= 4 is 5.91 Å². The van der Waals surface area contributed by atoms with Gasteiger partial charge in [-0.2, -0.15) is 0 Å². The van der Waals surface area contributed by atoms with Crippen LogP contribution in [0.25, 0.3) is 0 Å². The van der Waals surface area contributed by atoms with Crippen LogP contribution in [0.15, 0.2) is 30.3 Å². The lowest BCUT2D eigenvalue weighted by molar-refractivity contribution is -0.133. The van der Waals surface area contributed by atoms with Crippen LogP contribution in [0.2, 0.25) is 0 Å². The Bertz CT molecular complexity index is 335. The zero-order valence-corrected chi connectivity index (χ0v) is 11.2. The van der Waals surface area contributed by atoms with Crippen molar-refractivity contribution in [1.82, 2.24) is 10.2 Å². The minimum absolute atomic E-state index is 0.0605. The molecule has 0 aromatic heterocycles. The predicted octanol–water partition coefficient (Wildman–Crippen LogP) is 1.52. The minimum Gasteiger partial charge on any atom is -0.484 e. The SMILES string of the molecule is CC.O=C(COc1ccccc1)N1CCNCC1. The van der Waals surface area contributed by atoms with E-state index in [0.717, 1.165) is 31.9 Å². The molecule has 1 N–H and O–H groups in total. The van der Waals surface area contributed by atoms with Crippen LogP contribution in [0, 0.1) is 0 Å². The summed E-state index contributed by atoms with van der Waals surface area (Å²) in [5.41, 5.74) is 0. The van der Waals surface area contributed by atoms with E-state index in [1.165, 1.54) is 0 Å². The number of rotatable bonds is 3. The van der Waals surface area contributed by atoms with Gasteiger partial charge in [-0.3, -0.25) is 4.79 Å². The number of hydrogen-bond acceptors (Lipinski definition) is 3. The number of ether oxygens (including phenoxy) is 1. The third kappa shape index (κ3) is 4.75. The molecule has 0 aliphatic carbocycles. The van der Waals surface area contributed by atoms with Crippen LogP contribution in [0.4, 0.5) is 0 Å². The molecule has 0 unspecified atom stereocenters. The second-order valence-corrected chi connectivity index (χ2v) is 3.73. The number of carbonyl (C=O) groups excluding carboxylic acids is 1. The van der Waals surface area contributed by atoms with Gasteiger partial charge in [0.15, 0.2) is 6.61 Å². The largest absolute Gasteiger partial charge is 0.484 e. The Balaban J connectivity index is 0.000000771. The van der Waals surface area contributed by atoms with Gasteiger partial charge in [0.05, 0.1) is 0 Å². The highest BCUT2D eigenvalue weighted by molar-refractivity contribution is 5.77. The molecule has 1 aliphatic rings. The van der Waals surface area contributed by atoms with E-state index in [9.17, 15) is 4.79 Å². The van der Waals surface area contributed by atoms with E-state index in [2.05, 4.69) is 5.32 Å². The van der Waals surface area contributed by atoms with Crippen molar-refractivity contribution in [2.45, 2.75) is 13.8 Å². The zero-order chi connectivity index (χ0) is 13.2. The quantitative estimate of drug-likeness (QED) is 0.884. The molecule has 0 atom stereocenters. The molecule has 100 valence electrons. The van der Waals surface area contributed by atoms with Crippen LogP contribution in [0.1, 0.15) is 13.8 Å². The molecule has 1 aliphatic heterocycles. The Morgan fingerprint density at radius 1 is 1.22 bits per heavy atom. The van der Waals surface area contributed by atoms with E-state index in [0.29, 0.717) is 0 Å². The Hall–Kier alpha value is -1.55. The molecule has 1 fully saturated rings. The molecule has 4 nitrogen and oxygen atoms in total. The summed E-state index contributed by atoms with van der Waals surface area (Å²) < 4.78 is 5.41. The predicted molar refractivity (Wildman–Crippen MR) is 72.7 cm³/mol. The fourth-order valence-electron chi connectivity index (χ4n) is 1.67. The monoisotopic (exact) mass is 250 g/mol. The van der Waals surface area contributed by atoms with E-state index in [-0.39, 0.29) is 12.5 Å². The number of hydrogen-bond donors (Lipinski definition) is 1. The summed E-state index contributed by atoms with van der Waals surface area (Å²) in [6.07, 6.45) is 0. The smallest absolute Gasteiger partial charge is 0.260 e. The number of amides is 1. The van der Waals surface area contributed by atoms with Crippen LogP contribution in [-0.2, 0) is 4.79 Å². The molecule has 0 saturated carbocycles. The first-order valence-electron chi connectivity index (χ1n) is 6.52. The lowest BCUT2D eigenvalue weighted by atomic mass is 10.3. The highest BCUT2D eigenvalue weighted by Crippen LogP contribution is 2.08. The first kappa shape index (κ1) is 14.5. The Labute approximate surface area is 109 Å². The van der Waals surface area contributed by atoms with Gasteiger partial charge >= 0.3 is 0 Å². The maximum Gasteiger partial charge on any atom is 0.260 e. The van der Waals surface area contributed by atoms with Crippen molar-refractivity contribution in [3.05, 3.63) is 30.3 Å². The molecule has 18 heavy (non-hydrogen) atoms. The summed E-state index contributed by atoms with van der Waals surface area (Å²) in [6, 6.07) is 9.41. The first-order valence-corrected chi connectivity index (χ1v) is 6.52. The Kier molecular flexibility index (Phi) is 6.87. The van der Waals surface area contributed by atoms with Crippen molar-refractivity contribution in [2.75, 3.05) is 32.8 Å². The van der Waals surface area contributed by atoms with Crippen molar-refractivity contribution in [1.29, 1.82) is 0 Å². The van der Waals surface area contributed by atoms with Gasteiger partial charge in [-0.25, -0.2) is 0 Å². The molecule has 4 heteroatoms. The highest BCUT2D eigenvalue weighted by atomic mass is 16.5. The molecular weight excluding hydrogens is 228 g/mol. The van der Waals surface area contributed by atoms with E-state index in [1.807, 2.05) is 49.1 Å². The molecule has 1 amide bonds. The van der Waals surface area contributed by atoms with Gasteiger partial charge in [-0.15, -0.1) is 0 Å². The lowest BCUT2D eigenvalue weighted by Gasteiger charge is -2.27. The van der Waals surface area contributed by atoms with Crippen molar-refractivity contribution in [3.63, 3.8) is 0 Å². The van der Waals surface area contributed by atoms with E-state index >= 15 is 0 Å². The van der Waals surface area contributed by atoms with E-state index in [4.69, 9.17) is 4.74 Å². The fraction of sp³-hybridized carbons (Fsp3) is 0.500. The van der Waals surface area contributed by atoms with Gasteiger partial charge in [0, 0.05) is 26.2 Å². The topological polar surface area (TPSA) is 41.6 Å². The lowest BCUT2D eigenvalue weighted by Crippen LogP contribution is -2.47. The van der Waals surface area contributed by atoms with Crippen molar-refractivity contribution < 1.29 is 9.53 Å². The average Bonchev–Trinajstić information content (AvgIpc) is 2.49. The van der Waals surface area contributed by atoms with Gasteiger partial charge in [-0.1, -0.05) is 32.0 Å². The van der Waals surface area contributed by atoms with Gasteiger partial charge in [0.25, 0.3) is 5.91 Å². The van der Waals surface area contributed by atoms with Crippen LogP contribution in [0.3, 0.4) is 0 Å². The van der Waals surface area contributed by atoms with Gasteiger partial charge in [0.1, 0.15) is 5.75 Å². The van der Waals surface area contributed by atoms with Crippen LogP contribution in [-0.4, -0.2) is 43.6 Å². The maximum atomic E-state index is 11.7. The Morgan fingerprint density at radius 2 is 1.83 bits per heavy atom. The van der Waals surface area contributed by atoms with E-state index < -0.39 is 0 Å². The molecule has 1 saturated heterocycles. The number of benzene rings is 1. The van der Waals surface area contributed by atoms with Gasteiger partial charge in [-0.05, 0) is 12.1 Å². The standard InChI is InChI=1S/C12H16N2O2.C2H6/c15-12(14-8-6-13-7-9-14)10-16-11-4-2-1-3-5-11;1-2/h1-5,13H,6-10H2;1-2H3. The second kappa shape index (κ2) is 8.53. The first-order chi connectivity index (χ1) is 8.86. The van der Waals surface area contributed by atoms with Gasteiger partial charge in [0.2, 0.25) is 0 Å². The van der Waals surface area contributed by atoms with Crippen LogP contribution in [0.5, 0.6) is 5.75 Å². The summed E-state index contributed by atoms with van der Waals surface area (Å²) in [4.78, 5) is 13.6. The molecule has 0 spiro atoms. The normalized spacial score (nSPS) is 14.4. The molecular formula is C14H22N2O2. The number of piperazine rings is 1. The molecule has 0 bridgehead atoms. The summed E-state index contributed by atoms with van der Waals surface area (Å²) in [6.45, 7) is 7.42. The Morgan fingerprint density at radius 3 is 2.44 bits per heavy atom. The number of carbonyl (C=O) groups is 1. The molecule has 1 aromatic carbocycles. The van der Waals surface area contributed by atoms with Gasteiger partial charge < -0.3 is 15.0 Å².